The Morgan fingerprint density at radius 1 is 1.33 bits per heavy atom. The van der Waals surface area contributed by atoms with Gasteiger partial charge in [-0.2, -0.15) is 0 Å². The van der Waals surface area contributed by atoms with E-state index in [2.05, 4.69) is 10.2 Å². The molecular weight excluding hydrogens is 389 g/mol. The van der Waals surface area contributed by atoms with Crippen LogP contribution < -0.4 is 4.74 Å². The van der Waals surface area contributed by atoms with Gasteiger partial charge in [0.25, 0.3) is 0 Å². The molecule has 0 amide bonds. The van der Waals surface area contributed by atoms with Crippen molar-refractivity contribution in [2.24, 2.45) is 0 Å². The molecule has 0 bridgehead atoms. The zero-order valence-electron chi connectivity index (χ0n) is 14.8. The molecule has 0 aliphatic rings. The second-order valence-electron chi connectivity index (χ2n) is 5.45. The van der Waals surface area contributed by atoms with Crippen LogP contribution in [0.1, 0.15) is 12.5 Å². The first-order valence-corrected chi connectivity index (χ1v) is 10.1. The zero-order chi connectivity index (χ0) is 19.2. The van der Waals surface area contributed by atoms with E-state index in [9.17, 15) is 9.18 Å². The highest BCUT2D eigenvalue weighted by molar-refractivity contribution is 7.99. The van der Waals surface area contributed by atoms with Crippen LogP contribution in [0.25, 0.3) is 10.7 Å². The van der Waals surface area contributed by atoms with Crippen LogP contribution in [0.2, 0.25) is 0 Å². The van der Waals surface area contributed by atoms with Crippen molar-refractivity contribution in [2.75, 3.05) is 12.9 Å². The Bertz CT molecular complexity index is 913. The van der Waals surface area contributed by atoms with Crippen molar-refractivity contribution in [3.63, 3.8) is 0 Å². The van der Waals surface area contributed by atoms with Gasteiger partial charge in [0, 0.05) is 6.54 Å². The van der Waals surface area contributed by atoms with Gasteiger partial charge in [-0.05, 0) is 36.1 Å². The van der Waals surface area contributed by atoms with Gasteiger partial charge in [-0.15, -0.1) is 21.5 Å². The third kappa shape index (κ3) is 4.67. The molecule has 0 radical (unpaired) electrons. The second kappa shape index (κ2) is 9.01. The van der Waals surface area contributed by atoms with E-state index in [1.54, 1.807) is 17.4 Å². The number of aromatic nitrogens is 3. The van der Waals surface area contributed by atoms with Crippen molar-refractivity contribution >= 4 is 29.1 Å². The molecule has 9 heteroatoms. The SMILES string of the molecule is CCn1c(SCC(=O)OCc2ccc(OC)c(F)c2)nnc1-c1cccs1. The van der Waals surface area contributed by atoms with Crippen molar-refractivity contribution in [3.05, 3.63) is 47.1 Å². The number of thiophene rings is 1. The molecule has 0 fully saturated rings. The van der Waals surface area contributed by atoms with Crippen LogP contribution in [0.3, 0.4) is 0 Å². The predicted octanol–water partition coefficient (Wildman–Crippen LogP) is 4.01. The normalized spacial score (nSPS) is 10.8. The number of hydrogen-bond acceptors (Lipinski definition) is 7. The molecule has 27 heavy (non-hydrogen) atoms. The van der Waals surface area contributed by atoms with E-state index in [0.29, 0.717) is 17.3 Å². The number of ether oxygens (including phenoxy) is 2. The number of halogens is 1. The summed E-state index contributed by atoms with van der Waals surface area (Å²) in [5.74, 6) is 0.150. The molecule has 0 aliphatic carbocycles. The van der Waals surface area contributed by atoms with Gasteiger partial charge in [0.15, 0.2) is 22.5 Å². The highest BCUT2D eigenvalue weighted by Crippen LogP contribution is 2.27. The van der Waals surface area contributed by atoms with E-state index in [1.165, 1.54) is 31.0 Å². The van der Waals surface area contributed by atoms with Crippen molar-refractivity contribution in [1.82, 2.24) is 14.8 Å². The fourth-order valence-electron chi connectivity index (χ4n) is 2.40. The zero-order valence-corrected chi connectivity index (χ0v) is 16.5. The van der Waals surface area contributed by atoms with E-state index < -0.39 is 11.8 Å². The number of carbonyl (C=O) groups is 1. The van der Waals surface area contributed by atoms with E-state index in [0.717, 1.165) is 10.7 Å². The number of methoxy groups -OCH3 is 1. The molecule has 0 N–H and O–H groups in total. The molecule has 0 saturated heterocycles. The van der Waals surface area contributed by atoms with Crippen molar-refractivity contribution in [3.8, 4) is 16.5 Å². The van der Waals surface area contributed by atoms with E-state index in [-0.39, 0.29) is 18.1 Å². The topological polar surface area (TPSA) is 66.2 Å². The van der Waals surface area contributed by atoms with Gasteiger partial charge in [0.1, 0.15) is 6.61 Å². The molecule has 1 aromatic carbocycles. The molecule has 142 valence electrons. The molecule has 0 atom stereocenters. The molecule has 3 rings (SSSR count). The first kappa shape index (κ1) is 19.4. The summed E-state index contributed by atoms with van der Waals surface area (Å²) in [6, 6.07) is 8.39. The second-order valence-corrected chi connectivity index (χ2v) is 7.34. The predicted molar refractivity (Wildman–Crippen MR) is 102 cm³/mol. The number of thioether (sulfide) groups is 1. The number of carbonyl (C=O) groups excluding carboxylic acids is 1. The summed E-state index contributed by atoms with van der Waals surface area (Å²) in [7, 11) is 1.40. The summed E-state index contributed by atoms with van der Waals surface area (Å²) in [5.41, 5.74) is 0.559. The lowest BCUT2D eigenvalue weighted by molar-refractivity contribution is -0.141. The van der Waals surface area contributed by atoms with Crippen LogP contribution >= 0.6 is 23.1 Å². The lowest BCUT2D eigenvalue weighted by atomic mass is 10.2. The number of hydrogen-bond donors (Lipinski definition) is 0. The molecule has 0 spiro atoms. The quantitative estimate of drug-likeness (QED) is 0.415. The summed E-state index contributed by atoms with van der Waals surface area (Å²) in [4.78, 5) is 13.0. The number of rotatable bonds is 8. The number of benzene rings is 1. The largest absolute Gasteiger partial charge is 0.494 e. The standard InChI is InChI=1S/C18H18FN3O3S2/c1-3-22-17(15-5-4-8-26-15)20-21-18(22)27-11-16(23)25-10-12-6-7-14(24-2)13(19)9-12/h4-9H,3,10-11H2,1-2H3. The van der Waals surface area contributed by atoms with Gasteiger partial charge in [-0.1, -0.05) is 23.9 Å². The molecule has 3 aromatic rings. The van der Waals surface area contributed by atoms with Crippen LogP contribution in [0.5, 0.6) is 5.75 Å². The van der Waals surface area contributed by atoms with Crippen LogP contribution in [-0.2, 0) is 22.7 Å². The van der Waals surface area contributed by atoms with E-state index in [4.69, 9.17) is 9.47 Å². The average Bonchev–Trinajstić information content (AvgIpc) is 3.33. The summed E-state index contributed by atoms with van der Waals surface area (Å²) in [5, 5.41) is 11.0. The summed E-state index contributed by atoms with van der Waals surface area (Å²) in [6.07, 6.45) is 0. The van der Waals surface area contributed by atoms with E-state index >= 15 is 0 Å². The van der Waals surface area contributed by atoms with Gasteiger partial charge in [0.2, 0.25) is 0 Å². The summed E-state index contributed by atoms with van der Waals surface area (Å²) in [6.45, 7) is 2.70. The Kier molecular flexibility index (Phi) is 6.46. The lowest BCUT2D eigenvalue weighted by Crippen LogP contribution is -2.09. The molecule has 2 aromatic heterocycles. The minimum atomic E-state index is -0.488. The number of esters is 1. The Labute approximate surface area is 164 Å². The molecule has 0 aliphatic heterocycles. The van der Waals surface area contributed by atoms with Crippen molar-refractivity contribution in [2.45, 2.75) is 25.2 Å². The molecule has 0 saturated carbocycles. The Hall–Kier alpha value is -2.39. The highest BCUT2D eigenvalue weighted by Gasteiger charge is 2.15. The van der Waals surface area contributed by atoms with Crippen LogP contribution in [0, 0.1) is 5.82 Å². The van der Waals surface area contributed by atoms with E-state index in [1.807, 2.05) is 29.0 Å². The van der Waals surface area contributed by atoms with Gasteiger partial charge >= 0.3 is 5.97 Å². The monoisotopic (exact) mass is 407 g/mol. The minimum Gasteiger partial charge on any atom is -0.494 e. The Morgan fingerprint density at radius 3 is 2.85 bits per heavy atom. The maximum atomic E-state index is 13.7. The third-order valence-corrected chi connectivity index (χ3v) is 5.52. The smallest absolute Gasteiger partial charge is 0.316 e. The third-order valence-electron chi connectivity index (χ3n) is 3.71. The van der Waals surface area contributed by atoms with Crippen LogP contribution in [0.15, 0.2) is 40.9 Å². The fourth-order valence-corrected chi connectivity index (χ4v) is 3.91. The van der Waals surface area contributed by atoms with Crippen molar-refractivity contribution < 1.29 is 18.7 Å². The molecule has 6 nitrogen and oxygen atoms in total. The highest BCUT2D eigenvalue weighted by atomic mass is 32.2. The lowest BCUT2D eigenvalue weighted by Gasteiger charge is -2.08. The minimum absolute atomic E-state index is 0.00121. The maximum Gasteiger partial charge on any atom is 0.316 e. The van der Waals surface area contributed by atoms with Gasteiger partial charge in [0.05, 0.1) is 17.7 Å². The summed E-state index contributed by atoms with van der Waals surface area (Å²) < 4.78 is 25.7. The number of nitrogens with zero attached hydrogens (tertiary/aromatic N) is 3. The van der Waals surface area contributed by atoms with Gasteiger partial charge < -0.3 is 14.0 Å². The van der Waals surface area contributed by atoms with Gasteiger partial charge in [-0.3, -0.25) is 4.79 Å². The molecular formula is C18H18FN3O3S2. The fraction of sp³-hybridized carbons (Fsp3) is 0.278. The average molecular weight is 407 g/mol. The Balaban J connectivity index is 1.56. The van der Waals surface area contributed by atoms with Crippen molar-refractivity contribution in [1.29, 1.82) is 0 Å². The first-order valence-electron chi connectivity index (χ1n) is 8.20. The molecule has 0 unspecified atom stereocenters. The van der Waals surface area contributed by atoms with Gasteiger partial charge in [-0.25, -0.2) is 4.39 Å². The van der Waals surface area contributed by atoms with Crippen LogP contribution in [-0.4, -0.2) is 33.6 Å². The maximum absolute atomic E-state index is 13.7. The molecule has 2 heterocycles. The first-order chi connectivity index (χ1) is 13.1. The summed E-state index contributed by atoms with van der Waals surface area (Å²) >= 11 is 2.86. The van der Waals surface area contributed by atoms with Crippen LogP contribution in [0.4, 0.5) is 4.39 Å². The Morgan fingerprint density at radius 2 is 2.19 bits per heavy atom.